The van der Waals surface area contributed by atoms with Crippen molar-refractivity contribution in [3.05, 3.63) is 59.0 Å². The first kappa shape index (κ1) is 23.0. The molecule has 1 aromatic carbocycles. The normalized spacial score (nSPS) is 12.6. The molecule has 2 heterocycles. The van der Waals surface area contributed by atoms with E-state index in [1.54, 1.807) is 10.6 Å². The number of nitrogens with one attached hydrogen (secondary N) is 1. The van der Waals surface area contributed by atoms with E-state index in [4.69, 9.17) is 4.42 Å². The van der Waals surface area contributed by atoms with Crippen LogP contribution in [0.25, 0.3) is 11.1 Å². The van der Waals surface area contributed by atoms with Crippen molar-refractivity contribution in [2.45, 2.75) is 53.1 Å². The fourth-order valence-electron chi connectivity index (χ4n) is 3.94. The van der Waals surface area contributed by atoms with E-state index in [-0.39, 0.29) is 18.5 Å². The molecule has 0 fully saturated rings. The van der Waals surface area contributed by atoms with Gasteiger partial charge in [0, 0.05) is 30.8 Å². The van der Waals surface area contributed by atoms with E-state index in [1.165, 1.54) is 12.1 Å². The molecule has 1 atom stereocenters. The average molecular weight is 432 g/mol. The fourth-order valence-corrected chi connectivity index (χ4v) is 3.94. The number of rotatable bonds is 10. The summed E-state index contributed by atoms with van der Waals surface area (Å²) in [5.41, 5.74) is 2.15. The van der Waals surface area contributed by atoms with Crippen molar-refractivity contribution in [3.63, 3.8) is 0 Å². The zero-order valence-electron chi connectivity index (χ0n) is 18.7. The lowest BCUT2D eigenvalue weighted by atomic mass is 10.1. The van der Waals surface area contributed by atoms with Gasteiger partial charge in [-0.15, -0.1) is 0 Å². The van der Waals surface area contributed by atoms with Crippen molar-refractivity contribution >= 4 is 17.0 Å². The number of nitrogens with zero attached hydrogens (tertiary/aromatic N) is 2. The predicted molar refractivity (Wildman–Crippen MR) is 118 cm³/mol. The second kappa shape index (κ2) is 10.1. The summed E-state index contributed by atoms with van der Waals surface area (Å²) in [4.78, 5) is 15.4. The van der Waals surface area contributed by atoms with E-state index < -0.39 is 11.6 Å². The maximum absolute atomic E-state index is 13.7. The van der Waals surface area contributed by atoms with E-state index in [0.717, 1.165) is 44.1 Å². The molecule has 0 bridgehead atoms. The van der Waals surface area contributed by atoms with Crippen molar-refractivity contribution < 1.29 is 18.0 Å². The van der Waals surface area contributed by atoms with Gasteiger partial charge in [-0.25, -0.2) is 8.78 Å². The highest BCUT2D eigenvalue weighted by Gasteiger charge is 2.20. The van der Waals surface area contributed by atoms with Crippen LogP contribution in [-0.2, 0) is 6.54 Å². The Hall–Kier alpha value is -2.67. The third kappa shape index (κ3) is 5.73. The Morgan fingerprint density at radius 2 is 1.81 bits per heavy atom. The molecule has 1 amide bonds. The first-order valence-corrected chi connectivity index (χ1v) is 10.9. The number of benzene rings is 1. The number of carbonyl (C=O) groups excluding carboxylic acids is 1. The van der Waals surface area contributed by atoms with Gasteiger partial charge in [0.25, 0.3) is 5.91 Å². The molecule has 3 rings (SSSR count). The standard InChI is InChI=1S/C24H31F2N3O2/c1-5-28(6-2)9-7-8-16(3)27-24(30)22-14-23-21(10-17(4)31-23)29(22)15-18-11-19(25)13-20(26)12-18/h10-14,16H,5-9,15H2,1-4H3,(H,27,30). The van der Waals surface area contributed by atoms with Crippen molar-refractivity contribution in [1.29, 1.82) is 0 Å². The highest BCUT2D eigenvalue weighted by atomic mass is 19.1. The van der Waals surface area contributed by atoms with Gasteiger partial charge < -0.3 is 19.2 Å². The maximum Gasteiger partial charge on any atom is 0.268 e. The second-order valence-electron chi connectivity index (χ2n) is 8.04. The van der Waals surface area contributed by atoms with Crippen LogP contribution in [0.4, 0.5) is 8.78 Å². The van der Waals surface area contributed by atoms with Gasteiger partial charge in [0.15, 0.2) is 5.58 Å². The molecule has 7 heteroatoms. The van der Waals surface area contributed by atoms with E-state index >= 15 is 0 Å². The highest BCUT2D eigenvalue weighted by molar-refractivity contribution is 5.97. The summed E-state index contributed by atoms with van der Waals surface area (Å²) in [6.07, 6.45) is 1.86. The molecule has 0 radical (unpaired) electrons. The smallest absolute Gasteiger partial charge is 0.268 e. The Morgan fingerprint density at radius 1 is 1.13 bits per heavy atom. The quantitative estimate of drug-likeness (QED) is 0.485. The van der Waals surface area contributed by atoms with Gasteiger partial charge in [-0.05, 0) is 64.0 Å². The molecule has 1 unspecified atom stereocenters. The van der Waals surface area contributed by atoms with Crippen LogP contribution < -0.4 is 5.32 Å². The summed E-state index contributed by atoms with van der Waals surface area (Å²) in [6, 6.07) is 6.92. The lowest BCUT2D eigenvalue weighted by Gasteiger charge is -2.20. The summed E-state index contributed by atoms with van der Waals surface area (Å²) in [5.74, 6) is -0.804. The van der Waals surface area contributed by atoms with Crippen LogP contribution in [0.15, 0.2) is 34.7 Å². The van der Waals surface area contributed by atoms with Crippen molar-refractivity contribution in [3.8, 4) is 0 Å². The van der Waals surface area contributed by atoms with E-state index in [2.05, 4.69) is 24.1 Å². The maximum atomic E-state index is 13.7. The van der Waals surface area contributed by atoms with Gasteiger partial charge in [-0.1, -0.05) is 13.8 Å². The zero-order chi connectivity index (χ0) is 22.5. The fraction of sp³-hybridized carbons (Fsp3) is 0.458. The number of hydrogen-bond acceptors (Lipinski definition) is 3. The summed E-state index contributed by atoms with van der Waals surface area (Å²) in [7, 11) is 0. The molecule has 0 saturated carbocycles. The molecular formula is C24H31F2N3O2. The monoisotopic (exact) mass is 431 g/mol. The molecule has 2 aromatic heterocycles. The highest BCUT2D eigenvalue weighted by Crippen LogP contribution is 2.25. The summed E-state index contributed by atoms with van der Waals surface area (Å²) < 4.78 is 34.8. The third-order valence-corrected chi connectivity index (χ3v) is 5.59. The Morgan fingerprint density at radius 3 is 2.45 bits per heavy atom. The minimum absolute atomic E-state index is 0.00561. The first-order chi connectivity index (χ1) is 14.8. The molecule has 0 aliphatic rings. The zero-order valence-corrected chi connectivity index (χ0v) is 18.7. The molecule has 1 N–H and O–H groups in total. The number of aromatic nitrogens is 1. The summed E-state index contributed by atoms with van der Waals surface area (Å²) >= 11 is 0. The number of fused-ring (bicyclic) bond motifs is 1. The van der Waals surface area contributed by atoms with E-state index in [0.29, 0.717) is 22.6 Å². The number of furan rings is 1. The van der Waals surface area contributed by atoms with Crippen LogP contribution in [0.5, 0.6) is 0 Å². The van der Waals surface area contributed by atoms with Crippen LogP contribution in [0, 0.1) is 18.6 Å². The van der Waals surface area contributed by atoms with E-state index in [1.807, 2.05) is 19.9 Å². The van der Waals surface area contributed by atoms with E-state index in [9.17, 15) is 13.6 Å². The Labute approximate surface area is 182 Å². The number of hydrogen-bond donors (Lipinski definition) is 1. The van der Waals surface area contributed by atoms with Gasteiger partial charge in [-0.2, -0.15) is 0 Å². The third-order valence-electron chi connectivity index (χ3n) is 5.59. The van der Waals surface area contributed by atoms with Gasteiger partial charge in [-0.3, -0.25) is 4.79 Å². The Bertz CT molecular complexity index is 1020. The molecule has 0 aliphatic heterocycles. The predicted octanol–water partition coefficient (Wildman–Crippen LogP) is 5.11. The van der Waals surface area contributed by atoms with Gasteiger partial charge >= 0.3 is 0 Å². The molecule has 5 nitrogen and oxygen atoms in total. The Kier molecular flexibility index (Phi) is 7.49. The molecule has 3 aromatic rings. The van der Waals surface area contributed by atoms with Crippen LogP contribution in [-0.4, -0.2) is 41.1 Å². The molecule has 0 spiro atoms. The largest absolute Gasteiger partial charge is 0.460 e. The number of amides is 1. The Balaban J connectivity index is 1.77. The molecule has 0 saturated heterocycles. The number of aryl methyl sites for hydroxylation is 1. The summed E-state index contributed by atoms with van der Waals surface area (Å²) in [5, 5.41) is 3.05. The van der Waals surface area contributed by atoms with Crippen molar-refractivity contribution in [1.82, 2.24) is 14.8 Å². The lowest BCUT2D eigenvalue weighted by Crippen LogP contribution is -2.35. The molecular weight excluding hydrogens is 400 g/mol. The molecule has 31 heavy (non-hydrogen) atoms. The van der Waals surface area contributed by atoms with Gasteiger partial charge in [0.1, 0.15) is 23.1 Å². The van der Waals surface area contributed by atoms with Crippen molar-refractivity contribution in [2.75, 3.05) is 19.6 Å². The second-order valence-corrected chi connectivity index (χ2v) is 8.04. The van der Waals surface area contributed by atoms with Crippen molar-refractivity contribution in [2.24, 2.45) is 0 Å². The molecule has 0 aliphatic carbocycles. The average Bonchev–Trinajstić information content (AvgIpc) is 3.21. The SMILES string of the molecule is CCN(CC)CCCC(C)NC(=O)c1cc2oc(C)cc2n1Cc1cc(F)cc(F)c1. The number of halogens is 2. The minimum atomic E-state index is -0.644. The summed E-state index contributed by atoms with van der Waals surface area (Å²) in [6.45, 7) is 11.3. The minimum Gasteiger partial charge on any atom is -0.460 e. The molecule has 168 valence electrons. The van der Waals surface area contributed by atoms with Crippen LogP contribution >= 0.6 is 0 Å². The van der Waals surface area contributed by atoms with Gasteiger partial charge in [0.05, 0.1) is 5.52 Å². The van der Waals surface area contributed by atoms with Crippen LogP contribution in [0.1, 0.15) is 55.4 Å². The lowest BCUT2D eigenvalue weighted by molar-refractivity contribution is 0.0928. The topological polar surface area (TPSA) is 50.4 Å². The first-order valence-electron chi connectivity index (χ1n) is 10.9. The van der Waals surface area contributed by atoms with Gasteiger partial charge in [0.2, 0.25) is 0 Å². The van der Waals surface area contributed by atoms with Crippen LogP contribution in [0.3, 0.4) is 0 Å². The number of carbonyl (C=O) groups is 1. The van der Waals surface area contributed by atoms with Crippen LogP contribution in [0.2, 0.25) is 0 Å².